The van der Waals surface area contributed by atoms with Crippen LogP contribution in [0.3, 0.4) is 0 Å². The van der Waals surface area contributed by atoms with Crippen molar-refractivity contribution in [2.75, 3.05) is 23.7 Å². The lowest BCUT2D eigenvalue weighted by molar-refractivity contribution is -0.139. The molecule has 1 N–H and O–H groups in total. The zero-order valence-corrected chi connectivity index (χ0v) is 23.5. The molecule has 0 heterocycles. The van der Waals surface area contributed by atoms with E-state index in [0.717, 1.165) is 10.6 Å². The first-order chi connectivity index (χ1) is 16.9. The second-order valence-corrected chi connectivity index (χ2v) is 11.1. The molecule has 0 aliphatic heterocycles. The molecule has 8 nitrogen and oxygen atoms in total. The third-order valence-corrected chi connectivity index (χ3v) is 7.52. The summed E-state index contributed by atoms with van der Waals surface area (Å²) < 4.78 is 31.7. The zero-order valence-electron chi connectivity index (χ0n) is 21.1. The van der Waals surface area contributed by atoms with E-state index < -0.39 is 28.5 Å². The number of hydrogen-bond donors (Lipinski definition) is 1. The van der Waals surface area contributed by atoms with Crippen molar-refractivity contribution in [1.29, 1.82) is 0 Å². The van der Waals surface area contributed by atoms with Gasteiger partial charge in [0.05, 0.1) is 18.6 Å². The Hall–Kier alpha value is -2.49. The molecule has 11 heteroatoms. The molecule has 0 bridgehead atoms. The molecule has 198 valence electrons. The van der Waals surface area contributed by atoms with Crippen LogP contribution in [0.15, 0.2) is 42.5 Å². The molecular formula is C25H33Cl2N3O5S. The van der Waals surface area contributed by atoms with Gasteiger partial charge in [-0.15, -0.1) is 0 Å². The lowest BCUT2D eigenvalue weighted by Crippen LogP contribution is -2.52. The number of rotatable bonds is 12. The topological polar surface area (TPSA) is 96.0 Å². The van der Waals surface area contributed by atoms with Gasteiger partial charge in [0.1, 0.15) is 18.3 Å². The second kappa shape index (κ2) is 13.2. The van der Waals surface area contributed by atoms with Crippen LogP contribution in [0, 0.1) is 0 Å². The summed E-state index contributed by atoms with van der Waals surface area (Å²) in [5, 5.41) is 3.54. The molecule has 0 spiro atoms. The average Bonchev–Trinajstić information content (AvgIpc) is 2.82. The molecule has 2 atom stereocenters. The molecule has 0 saturated heterocycles. The molecule has 0 saturated carbocycles. The first kappa shape index (κ1) is 29.7. The molecule has 2 aromatic carbocycles. The van der Waals surface area contributed by atoms with Gasteiger partial charge in [0, 0.05) is 28.2 Å². The van der Waals surface area contributed by atoms with Gasteiger partial charge in [-0.25, -0.2) is 8.42 Å². The Morgan fingerprint density at radius 2 is 1.61 bits per heavy atom. The van der Waals surface area contributed by atoms with E-state index in [1.54, 1.807) is 49.4 Å². The summed E-state index contributed by atoms with van der Waals surface area (Å²) in [5.74, 6) is -0.378. The third kappa shape index (κ3) is 8.01. The van der Waals surface area contributed by atoms with E-state index in [4.69, 9.17) is 27.9 Å². The molecule has 0 fully saturated rings. The van der Waals surface area contributed by atoms with Crippen LogP contribution in [0.1, 0.15) is 39.7 Å². The molecule has 0 aromatic heterocycles. The average molecular weight is 559 g/mol. The number of nitrogens with zero attached hydrogens (tertiary/aromatic N) is 2. The predicted molar refractivity (Wildman–Crippen MR) is 144 cm³/mol. The second-order valence-electron chi connectivity index (χ2n) is 8.41. The quantitative estimate of drug-likeness (QED) is 0.414. The van der Waals surface area contributed by atoms with Crippen molar-refractivity contribution < 1.29 is 22.7 Å². The molecule has 2 rings (SSSR count). The van der Waals surface area contributed by atoms with E-state index in [1.165, 1.54) is 4.90 Å². The summed E-state index contributed by atoms with van der Waals surface area (Å²) in [4.78, 5) is 27.8. The number of benzene rings is 2. The van der Waals surface area contributed by atoms with Crippen LogP contribution in [0.2, 0.25) is 10.0 Å². The molecule has 0 aliphatic rings. The van der Waals surface area contributed by atoms with Crippen molar-refractivity contribution in [1.82, 2.24) is 10.2 Å². The maximum Gasteiger partial charge on any atom is 0.244 e. The van der Waals surface area contributed by atoms with Crippen molar-refractivity contribution in [3.8, 4) is 5.75 Å². The molecule has 2 aromatic rings. The summed E-state index contributed by atoms with van der Waals surface area (Å²) in [6.07, 6.45) is 1.73. The third-order valence-electron chi connectivity index (χ3n) is 5.67. The van der Waals surface area contributed by atoms with Crippen molar-refractivity contribution >= 4 is 50.7 Å². The highest BCUT2D eigenvalue weighted by Crippen LogP contribution is 2.27. The number of halogens is 2. The van der Waals surface area contributed by atoms with Crippen LogP contribution in [0.25, 0.3) is 0 Å². The lowest BCUT2D eigenvalue weighted by Gasteiger charge is -2.32. The number of nitrogens with one attached hydrogen (secondary N) is 1. The summed E-state index contributed by atoms with van der Waals surface area (Å²) in [7, 11) is -3.84. The van der Waals surface area contributed by atoms with Crippen LogP contribution in [0.5, 0.6) is 5.75 Å². The maximum atomic E-state index is 13.6. The number of sulfonamides is 1. The zero-order chi connectivity index (χ0) is 27.0. The first-order valence-electron chi connectivity index (χ1n) is 11.6. The van der Waals surface area contributed by atoms with Crippen LogP contribution in [0.4, 0.5) is 5.69 Å². The van der Waals surface area contributed by atoms with E-state index in [-0.39, 0.29) is 18.5 Å². The van der Waals surface area contributed by atoms with Gasteiger partial charge in [0.15, 0.2) is 0 Å². The van der Waals surface area contributed by atoms with Gasteiger partial charge in [-0.3, -0.25) is 13.9 Å². The molecular weight excluding hydrogens is 525 g/mol. The van der Waals surface area contributed by atoms with Crippen molar-refractivity contribution in [2.24, 2.45) is 0 Å². The highest BCUT2D eigenvalue weighted by molar-refractivity contribution is 7.92. The normalized spacial score (nSPS) is 13.0. The fourth-order valence-corrected chi connectivity index (χ4v) is 4.76. The maximum absolute atomic E-state index is 13.6. The van der Waals surface area contributed by atoms with E-state index in [0.29, 0.717) is 40.1 Å². The standard InChI is InChI=1S/C25H33Cl2N3O5S/c1-6-17(3)28-25(32)18(4)29(15-21-22(26)9-8-10-23(21)27)24(31)16-30(36(5,33)34)19-11-13-20(14-12-19)35-7-2/h8-14,17-18H,6-7,15-16H2,1-5H3,(H,28,32)/t17-,18+/m0/s1. The fraction of sp³-hybridized carbons (Fsp3) is 0.440. The minimum Gasteiger partial charge on any atom is -0.494 e. The number of hydrogen-bond acceptors (Lipinski definition) is 5. The largest absolute Gasteiger partial charge is 0.494 e. The number of carbonyl (C=O) groups is 2. The molecule has 2 amide bonds. The van der Waals surface area contributed by atoms with Gasteiger partial charge in [-0.1, -0.05) is 36.2 Å². The van der Waals surface area contributed by atoms with Gasteiger partial charge >= 0.3 is 0 Å². The molecule has 0 radical (unpaired) electrons. The number of amides is 2. The van der Waals surface area contributed by atoms with E-state index in [9.17, 15) is 18.0 Å². The fourth-order valence-electron chi connectivity index (χ4n) is 3.39. The number of carbonyl (C=O) groups excluding carboxylic acids is 2. The Balaban J connectivity index is 2.42. The van der Waals surface area contributed by atoms with Crippen LogP contribution < -0.4 is 14.4 Å². The highest BCUT2D eigenvalue weighted by Gasteiger charge is 2.31. The van der Waals surface area contributed by atoms with Crippen molar-refractivity contribution in [3.05, 3.63) is 58.1 Å². The minimum atomic E-state index is -3.84. The molecule has 36 heavy (non-hydrogen) atoms. The Labute approximate surface area is 223 Å². The summed E-state index contributed by atoms with van der Waals surface area (Å²) in [6, 6.07) is 10.3. The summed E-state index contributed by atoms with van der Waals surface area (Å²) in [5.41, 5.74) is 0.756. The summed E-state index contributed by atoms with van der Waals surface area (Å²) in [6.45, 7) is 7.09. The monoisotopic (exact) mass is 557 g/mol. The molecule has 0 unspecified atom stereocenters. The lowest BCUT2D eigenvalue weighted by atomic mass is 10.1. The van der Waals surface area contributed by atoms with Gasteiger partial charge in [-0.2, -0.15) is 0 Å². The number of anilines is 1. The van der Waals surface area contributed by atoms with E-state index in [2.05, 4.69) is 5.32 Å². The van der Waals surface area contributed by atoms with E-state index >= 15 is 0 Å². The van der Waals surface area contributed by atoms with Crippen molar-refractivity contribution in [2.45, 2.75) is 52.7 Å². The first-order valence-corrected chi connectivity index (χ1v) is 14.2. The Kier molecular flexibility index (Phi) is 10.9. The van der Waals surface area contributed by atoms with Gasteiger partial charge in [0.25, 0.3) is 0 Å². The minimum absolute atomic E-state index is 0.0761. The Bertz CT molecular complexity index is 1140. The van der Waals surface area contributed by atoms with Gasteiger partial charge in [-0.05, 0) is 63.6 Å². The SMILES string of the molecule is CCOc1ccc(N(CC(=O)N(Cc2c(Cl)cccc2Cl)[C@H](C)C(=O)N[C@@H](C)CC)S(C)(=O)=O)cc1. The highest BCUT2D eigenvalue weighted by atomic mass is 35.5. The van der Waals surface area contributed by atoms with Gasteiger partial charge < -0.3 is 15.0 Å². The molecule has 0 aliphatic carbocycles. The predicted octanol–water partition coefficient (Wildman–Crippen LogP) is 4.49. The van der Waals surface area contributed by atoms with Crippen molar-refractivity contribution in [3.63, 3.8) is 0 Å². The number of ether oxygens (including phenoxy) is 1. The summed E-state index contributed by atoms with van der Waals surface area (Å²) >= 11 is 12.7. The Morgan fingerprint density at radius 1 is 1.03 bits per heavy atom. The smallest absolute Gasteiger partial charge is 0.244 e. The Morgan fingerprint density at radius 3 is 2.11 bits per heavy atom. The van der Waals surface area contributed by atoms with Crippen LogP contribution >= 0.6 is 23.2 Å². The van der Waals surface area contributed by atoms with Crippen LogP contribution in [-0.2, 0) is 26.2 Å². The van der Waals surface area contributed by atoms with Gasteiger partial charge in [0.2, 0.25) is 21.8 Å². The van der Waals surface area contributed by atoms with Crippen LogP contribution in [-0.4, -0.2) is 56.6 Å². The van der Waals surface area contributed by atoms with E-state index in [1.807, 2.05) is 20.8 Å².